The Morgan fingerprint density at radius 1 is 0.518 bits per heavy atom. The molecule has 592 valence electrons. The van der Waals surface area contributed by atoms with Gasteiger partial charge in [0.15, 0.2) is 17.5 Å². The summed E-state index contributed by atoms with van der Waals surface area (Å²) >= 11 is 0. The van der Waals surface area contributed by atoms with Gasteiger partial charge in [-0.3, -0.25) is 53.4 Å². The van der Waals surface area contributed by atoms with Crippen molar-refractivity contribution in [2.45, 2.75) is 179 Å². The van der Waals surface area contributed by atoms with Gasteiger partial charge in [0.25, 0.3) is 10.0 Å². The maximum absolute atomic E-state index is 12.8. The van der Waals surface area contributed by atoms with Crippen LogP contribution in [0.1, 0.15) is 140 Å². The molecular formula is C85H108N18O8S. The van der Waals surface area contributed by atoms with Crippen LogP contribution in [-0.4, -0.2) is 203 Å². The molecular weight excluding hydrogens is 1430 g/mol. The molecule has 4 aromatic carbocycles. The van der Waals surface area contributed by atoms with Gasteiger partial charge in [-0.2, -0.15) is 14.3 Å². The van der Waals surface area contributed by atoms with E-state index < -0.39 is 21.2 Å². The highest BCUT2D eigenvalue weighted by atomic mass is 32.2. The fraction of sp³-hybridized carbons (Fsp3) is 0.471. The monoisotopic (exact) mass is 1540 g/mol. The van der Waals surface area contributed by atoms with Crippen LogP contribution < -0.4 is 36.6 Å². The van der Waals surface area contributed by atoms with Crippen LogP contribution in [0.2, 0.25) is 0 Å². The van der Waals surface area contributed by atoms with Gasteiger partial charge in [-0.05, 0) is 202 Å². The van der Waals surface area contributed by atoms with E-state index in [1.807, 2.05) is 138 Å². The minimum atomic E-state index is -3.56. The van der Waals surface area contributed by atoms with Crippen molar-refractivity contribution in [2.75, 3.05) is 87.7 Å². The van der Waals surface area contributed by atoms with Crippen molar-refractivity contribution in [1.82, 2.24) is 74.3 Å². The predicted molar refractivity (Wildman–Crippen MR) is 437 cm³/mol. The number of amides is 3. The van der Waals surface area contributed by atoms with E-state index in [0.717, 1.165) is 174 Å². The van der Waals surface area contributed by atoms with Crippen molar-refractivity contribution in [2.24, 2.45) is 7.05 Å². The number of carbonyl (C=O) groups excluding carboxylic acids is 3. The normalized spacial score (nSPS) is 21.9. The van der Waals surface area contributed by atoms with Gasteiger partial charge in [-0.25, -0.2) is 8.42 Å². The number of nitrogens with one attached hydrogen (secondary N) is 6. The van der Waals surface area contributed by atoms with E-state index in [1.165, 1.54) is 36.8 Å². The van der Waals surface area contributed by atoms with Crippen LogP contribution >= 0.6 is 0 Å². The first-order valence-corrected chi connectivity index (χ1v) is 41.6. The van der Waals surface area contributed by atoms with E-state index in [4.69, 9.17) is 9.84 Å². The maximum Gasteiger partial charge on any atom is 0.251 e. The summed E-state index contributed by atoms with van der Waals surface area (Å²) in [5.41, 5.74) is 10.3. The minimum absolute atomic E-state index is 0.0217. The molecule has 16 rings (SSSR count). The quantitative estimate of drug-likeness (QED) is 0.0295. The summed E-state index contributed by atoms with van der Waals surface area (Å²) in [4.78, 5) is 58.7. The van der Waals surface area contributed by atoms with E-state index >= 15 is 0 Å². The van der Waals surface area contributed by atoms with Gasteiger partial charge in [0.2, 0.25) is 17.7 Å². The zero-order valence-corrected chi connectivity index (χ0v) is 66.5. The molecule has 3 aliphatic heterocycles. The molecule has 3 saturated carbocycles. The molecule has 8 N–H and O–H groups in total. The Hall–Kier alpha value is -9.90. The highest BCUT2D eigenvalue weighted by Crippen LogP contribution is 2.42. The summed E-state index contributed by atoms with van der Waals surface area (Å²) < 4.78 is 34.7. The molecule has 26 nitrogen and oxygen atoms in total. The van der Waals surface area contributed by atoms with Gasteiger partial charge in [-0.1, -0.05) is 71.8 Å². The first kappa shape index (κ1) is 78.8. The second kappa shape index (κ2) is 34.2. The van der Waals surface area contributed by atoms with Gasteiger partial charge >= 0.3 is 0 Å². The lowest BCUT2D eigenvalue weighted by molar-refractivity contribution is -0.122. The number of hydrogen-bond donors (Lipinski definition) is 8. The zero-order valence-electron chi connectivity index (χ0n) is 65.7. The molecule has 3 amide bonds. The summed E-state index contributed by atoms with van der Waals surface area (Å²) in [6.07, 6.45) is 16.4. The Kier molecular flexibility index (Phi) is 24.1. The number of rotatable bonds is 23. The van der Waals surface area contributed by atoms with E-state index in [2.05, 4.69) is 121 Å². The molecule has 6 aliphatic rings. The molecule has 3 aliphatic carbocycles. The second-order valence-electron chi connectivity index (χ2n) is 31.9. The lowest BCUT2D eigenvalue weighted by atomic mass is 9.77. The molecule has 27 heteroatoms. The Balaban J connectivity index is 0.000000140. The van der Waals surface area contributed by atoms with Crippen molar-refractivity contribution in [3.05, 3.63) is 190 Å². The lowest BCUT2D eigenvalue weighted by Gasteiger charge is -2.48. The molecule has 9 heterocycles. The number of ether oxygens (including phenoxy) is 1. The molecule has 6 aromatic heterocycles. The van der Waals surface area contributed by atoms with Crippen LogP contribution in [0.4, 0.5) is 17.5 Å². The number of carbonyl (C=O) groups is 3. The van der Waals surface area contributed by atoms with E-state index in [0.29, 0.717) is 59.7 Å². The smallest absolute Gasteiger partial charge is 0.251 e. The number of benzene rings is 4. The number of aliphatic hydroxyl groups is 2. The summed E-state index contributed by atoms with van der Waals surface area (Å²) in [6, 6.07) is 44.0. The van der Waals surface area contributed by atoms with Crippen molar-refractivity contribution in [3.63, 3.8) is 0 Å². The number of aryl methyl sites for hydroxylation is 6. The first-order chi connectivity index (χ1) is 53.9. The van der Waals surface area contributed by atoms with Crippen LogP contribution in [0.3, 0.4) is 0 Å². The fourth-order valence-corrected chi connectivity index (χ4v) is 17.8. The average molecular weight is 1540 g/mol. The van der Waals surface area contributed by atoms with Gasteiger partial charge < -0.3 is 46.9 Å². The third-order valence-electron chi connectivity index (χ3n) is 23.4. The molecule has 0 atom stereocenters. The largest absolute Gasteiger partial charge is 0.494 e. The molecule has 10 aromatic rings. The van der Waals surface area contributed by atoms with Crippen molar-refractivity contribution in [3.8, 4) is 5.75 Å². The molecule has 0 bridgehead atoms. The van der Waals surface area contributed by atoms with Crippen LogP contribution in [0.15, 0.2) is 140 Å². The Labute approximate surface area is 655 Å². The van der Waals surface area contributed by atoms with Crippen LogP contribution in [0.5, 0.6) is 5.75 Å². The third-order valence-corrected chi connectivity index (χ3v) is 24.3. The maximum atomic E-state index is 12.8. The van der Waals surface area contributed by atoms with Gasteiger partial charge in [0.1, 0.15) is 11.4 Å². The molecule has 112 heavy (non-hydrogen) atoms. The molecule has 0 radical (unpaired) electrons. The number of anilines is 3. The topological polar surface area (TPSA) is 309 Å². The SMILES string of the molecule is CCOc1ccc2c(c1)c(NCC(=O)NC1CN(C3CCC(O)(c4ccc(C)nc4)CC3)C1)nn2C.Cc1ccc2c(c1)c(NCC(=O)NC1CN(C3CCC(O)(c4cccc(C)n4)CC3)C1)nn2Cc1ccccc1.Cc1ccc2c(c1)c(NCC(=O)NC1CN(C3CCC(c4ccc(C)nc4)CC3)C1)nn2S(C)(=O)=O. The lowest BCUT2D eigenvalue weighted by Crippen LogP contribution is -2.63. The molecule has 3 saturated heterocycles. The first-order valence-electron chi connectivity index (χ1n) is 39.7. The van der Waals surface area contributed by atoms with Crippen molar-refractivity contribution in [1.29, 1.82) is 0 Å². The fourth-order valence-electron chi connectivity index (χ4n) is 17.0. The number of nitrogens with zero attached hydrogens (tertiary/aromatic N) is 12. The van der Waals surface area contributed by atoms with E-state index in [9.17, 15) is 33.0 Å². The van der Waals surface area contributed by atoms with Gasteiger partial charge in [0, 0.05) is 116 Å². The minimum Gasteiger partial charge on any atom is -0.494 e. The van der Waals surface area contributed by atoms with Gasteiger partial charge in [0.05, 0.1) is 85.0 Å². The summed E-state index contributed by atoms with van der Waals surface area (Å²) in [5, 5.41) is 57.4. The number of pyridine rings is 3. The number of likely N-dealkylation sites (tertiary alicyclic amines) is 3. The summed E-state index contributed by atoms with van der Waals surface area (Å²) in [7, 11) is -1.67. The average Bonchev–Trinajstić information content (AvgIpc) is 1.54. The van der Waals surface area contributed by atoms with Crippen molar-refractivity contribution >= 4 is 77.9 Å². The number of fused-ring (bicyclic) bond motifs is 3. The second-order valence-corrected chi connectivity index (χ2v) is 33.7. The summed E-state index contributed by atoms with van der Waals surface area (Å²) in [6.45, 7) is 18.7. The highest BCUT2D eigenvalue weighted by Gasteiger charge is 2.43. The molecule has 0 unspecified atom stereocenters. The van der Waals surface area contributed by atoms with Crippen molar-refractivity contribution < 1.29 is 37.8 Å². The zero-order chi connectivity index (χ0) is 78.4. The Morgan fingerprint density at radius 2 is 1.02 bits per heavy atom. The van der Waals surface area contributed by atoms with E-state index in [-0.39, 0.29) is 55.5 Å². The molecule has 6 fully saturated rings. The number of aromatic nitrogens is 9. The molecule has 0 spiro atoms. The highest BCUT2D eigenvalue weighted by molar-refractivity contribution is 7.89. The van der Waals surface area contributed by atoms with E-state index in [1.54, 1.807) is 10.7 Å². The Morgan fingerprint density at radius 3 is 1.54 bits per heavy atom. The van der Waals surface area contributed by atoms with Crippen LogP contribution in [0, 0.1) is 34.6 Å². The van der Waals surface area contributed by atoms with Crippen LogP contribution in [-0.2, 0) is 49.2 Å². The van der Waals surface area contributed by atoms with Crippen LogP contribution in [0.25, 0.3) is 32.7 Å². The predicted octanol–water partition coefficient (Wildman–Crippen LogP) is 9.65. The number of hydrogen-bond acceptors (Lipinski definition) is 20. The third kappa shape index (κ3) is 18.7. The summed E-state index contributed by atoms with van der Waals surface area (Å²) in [5.74, 6) is 3.02. The Bertz CT molecular complexity index is 5050. The van der Waals surface area contributed by atoms with Gasteiger partial charge in [-0.15, -0.1) is 5.10 Å². The standard InChI is InChI=1S/C32H38N6O2.C27H36N6O3.C26H34N6O3S/c1-22-11-12-28-27(17-22)31(36-38(28)19-24-8-4-3-5-9-24)33-18-30(39)35-25-20-37(21-25)26-13-15-32(40,16-14-26)29-10-6-7-23(2)34-29;1-4-36-22-7-8-24-23(13-22)26(31-32(24)3)29-15-25(34)30-20-16-33(17-20)21-9-11-27(35,12-10-21)19-6-5-18(2)28-14-19;1-17-4-11-24-23(12-17)26(30-32(24)36(3,34)35)28-14-25(33)29-21-15-31(16-21)22-9-7-19(8-10-22)20-6-5-18(2)27-13-20/h3-12,17,25-26,40H,13-16,18-21H2,1-2H3,(H,33,36)(H,35,39);5-8,13-14,20-21,35H,4,9-12,15-17H2,1-3H3,(H,29,31)(H,30,34);4-6,11-13,19,21-22H,7-10,14-16H2,1-3H3,(H,28,30)(H,29,33).